The summed E-state index contributed by atoms with van der Waals surface area (Å²) in [5.41, 5.74) is 1.17. The Morgan fingerprint density at radius 3 is 2.61 bits per heavy atom. The number of benzene rings is 2. The molecule has 0 spiro atoms. The molecule has 0 aliphatic carbocycles. The highest BCUT2D eigenvalue weighted by atomic mass is 35.5. The smallest absolute Gasteiger partial charge is 0.262 e. The van der Waals surface area contributed by atoms with Crippen LogP contribution in [0.25, 0.3) is 0 Å². The first-order valence-corrected chi connectivity index (χ1v) is 13.0. The molecule has 4 rings (SSSR count). The third-order valence-electron chi connectivity index (χ3n) is 4.80. The molecule has 36 heavy (non-hydrogen) atoms. The number of H-pyrrole nitrogens is 1. The fourth-order valence-electron chi connectivity index (χ4n) is 3.08. The number of carbonyl (C=O) groups is 1. The van der Waals surface area contributed by atoms with Gasteiger partial charge in [-0.15, -0.1) is 0 Å². The number of amides is 1. The van der Waals surface area contributed by atoms with Crippen molar-refractivity contribution in [3.8, 4) is 11.6 Å². The van der Waals surface area contributed by atoms with E-state index in [1.165, 1.54) is 36.5 Å². The minimum Gasteiger partial charge on any atom is -0.437 e. The van der Waals surface area contributed by atoms with E-state index >= 15 is 0 Å². The average Bonchev–Trinajstić information content (AvgIpc) is 3.36. The molecule has 0 saturated carbocycles. The summed E-state index contributed by atoms with van der Waals surface area (Å²) in [7, 11) is -4.08. The summed E-state index contributed by atoms with van der Waals surface area (Å²) in [4.78, 5) is 23.5. The van der Waals surface area contributed by atoms with Crippen LogP contribution < -0.4 is 14.8 Å². The van der Waals surface area contributed by atoms with E-state index in [0.717, 1.165) is 5.69 Å². The van der Waals surface area contributed by atoms with Gasteiger partial charge in [0.05, 0.1) is 32.0 Å². The molecular weight excluding hydrogens is 549 g/mol. The fraction of sp³-hybridized carbons (Fsp3) is 0.0870. The number of imidazole rings is 1. The quantitative estimate of drug-likeness (QED) is 0.251. The highest BCUT2D eigenvalue weighted by molar-refractivity contribution is 7.92. The molecule has 0 bridgehead atoms. The van der Waals surface area contributed by atoms with Crippen LogP contribution in [0.1, 0.15) is 16.1 Å². The lowest BCUT2D eigenvalue weighted by molar-refractivity contribution is 0.0953. The van der Waals surface area contributed by atoms with Crippen LogP contribution in [-0.4, -0.2) is 35.8 Å². The molecule has 13 heteroatoms. The number of aromatic amines is 1. The van der Waals surface area contributed by atoms with Crippen LogP contribution in [-0.2, 0) is 16.4 Å². The van der Waals surface area contributed by atoms with Gasteiger partial charge in [0.1, 0.15) is 11.4 Å². The van der Waals surface area contributed by atoms with Crippen molar-refractivity contribution in [3.05, 3.63) is 93.6 Å². The first-order valence-electron chi connectivity index (χ1n) is 10.4. The average molecular weight is 567 g/mol. The number of halogens is 3. The van der Waals surface area contributed by atoms with Gasteiger partial charge >= 0.3 is 0 Å². The number of nitrogens with zero attached hydrogens (tertiary/aromatic N) is 2. The summed E-state index contributed by atoms with van der Waals surface area (Å²) in [5, 5.41) is 3.29. The Labute approximate surface area is 221 Å². The standard InChI is InChI=1S/C23H18Cl3N5O4S/c24-15-9-21(31-36(33,34)18-4-5-19(25)20(26)10-18)23(29-11-15)35-17-3-1-2-14(8-17)22(32)28-7-6-16-12-27-13-30-16/h1-5,8-13,31H,6-7H2,(H,27,30)(H,28,32). The maximum Gasteiger partial charge on any atom is 0.262 e. The molecule has 2 aromatic carbocycles. The molecule has 3 N–H and O–H groups in total. The van der Waals surface area contributed by atoms with Crippen molar-refractivity contribution in [2.24, 2.45) is 0 Å². The SMILES string of the molecule is O=C(NCCc1c[nH]cn1)c1cccc(Oc2ncc(Cl)cc2NS(=O)(=O)c2ccc(Cl)c(Cl)c2)c1. The maximum absolute atomic E-state index is 12.9. The van der Waals surface area contributed by atoms with Gasteiger partial charge in [-0.05, 0) is 42.5 Å². The second-order valence-corrected chi connectivity index (χ2v) is 10.3. The number of hydrogen-bond donors (Lipinski definition) is 3. The summed E-state index contributed by atoms with van der Waals surface area (Å²) in [6, 6.07) is 11.6. The minimum absolute atomic E-state index is 0.0116. The Balaban J connectivity index is 1.50. The van der Waals surface area contributed by atoms with E-state index in [4.69, 9.17) is 39.5 Å². The Kier molecular flexibility index (Phi) is 8.00. The van der Waals surface area contributed by atoms with Crippen molar-refractivity contribution in [3.63, 3.8) is 0 Å². The zero-order valence-corrected chi connectivity index (χ0v) is 21.4. The van der Waals surface area contributed by atoms with Crippen molar-refractivity contribution in [2.45, 2.75) is 11.3 Å². The molecule has 0 aliphatic heterocycles. The number of carbonyl (C=O) groups excluding carboxylic acids is 1. The topological polar surface area (TPSA) is 126 Å². The van der Waals surface area contributed by atoms with Crippen LogP contribution in [0.5, 0.6) is 11.6 Å². The highest BCUT2D eigenvalue weighted by Crippen LogP contribution is 2.32. The van der Waals surface area contributed by atoms with E-state index in [0.29, 0.717) is 18.5 Å². The monoisotopic (exact) mass is 565 g/mol. The predicted octanol–water partition coefficient (Wildman–Crippen LogP) is 5.33. The summed E-state index contributed by atoms with van der Waals surface area (Å²) in [5.74, 6) is -0.112. The molecule has 9 nitrogen and oxygen atoms in total. The minimum atomic E-state index is -4.08. The molecule has 0 unspecified atom stereocenters. The molecule has 0 atom stereocenters. The third-order valence-corrected chi connectivity index (χ3v) is 7.10. The van der Waals surface area contributed by atoms with Gasteiger partial charge in [0.25, 0.3) is 15.9 Å². The van der Waals surface area contributed by atoms with Crippen LogP contribution >= 0.6 is 34.8 Å². The molecule has 0 aliphatic rings. The first kappa shape index (κ1) is 25.8. The summed E-state index contributed by atoms with van der Waals surface area (Å²) < 4.78 is 34.0. The molecule has 0 fully saturated rings. The van der Waals surface area contributed by atoms with Gasteiger partial charge in [0.15, 0.2) is 0 Å². The molecule has 2 aromatic heterocycles. The van der Waals surface area contributed by atoms with Crippen molar-refractivity contribution in [1.82, 2.24) is 20.3 Å². The zero-order chi connectivity index (χ0) is 25.7. The number of hydrogen-bond acceptors (Lipinski definition) is 6. The Bertz CT molecular complexity index is 1500. The molecule has 1 amide bonds. The van der Waals surface area contributed by atoms with Gasteiger partial charge < -0.3 is 15.0 Å². The van der Waals surface area contributed by atoms with Gasteiger partial charge in [-0.25, -0.2) is 18.4 Å². The van der Waals surface area contributed by atoms with Crippen LogP contribution in [0.15, 0.2) is 72.1 Å². The van der Waals surface area contributed by atoms with Crippen molar-refractivity contribution < 1.29 is 17.9 Å². The van der Waals surface area contributed by atoms with E-state index < -0.39 is 10.0 Å². The van der Waals surface area contributed by atoms with Crippen molar-refractivity contribution >= 4 is 56.4 Å². The fourth-order valence-corrected chi connectivity index (χ4v) is 4.67. The number of sulfonamides is 1. The summed E-state index contributed by atoms with van der Waals surface area (Å²) >= 11 is 17.9. The Morgan fingerprint density at radius 2 is 1.86 bits per heavy atom. The van der Waals surface area contributed by atoms with Crippen LogP contribution in [0, 0.1) is 0 Å². The number of rotatable bonds is 9. The molecule has 0 saturated heterocycles. The highest BCUT2D eigenvalue weighted by Gasteiger charge is 2.20. The van der Waals surface area contributed by atoms with E-state index in [1.807, 2.05) is 0 Å². The number of aromatic nitrogens is 3. The maximum atomic E-state index is 12.9. The second-order valence-electron chi connectivity index (χ2n) is 7.38. The summed E-state index contributed by atoms with van der Waals surface area (Å²) in [6.07, 6.45) is 5.21. The lowest BCUT2D eigenvalue weighted by Gasteiger charge is -2.14. The number of ether oxygens (including phenoxy) is 1. The van der Waals surface area contributed by atoms with Gasteiger partial charge in [0.2, 0.25) is 5.88 Å². The van der Waals surface area contributed by atoms with Crippen molar-refractivity contribution in [1.29, 1.82) is 0 Å². The van der Waals surface area contributed by atoms with Gasteiger partial charge in [-0.2, -0.15) is 0 Å². The van der Waals surface area contributed by atoms with E-state index in [9.17, 15) is 13.2 Å². The Hall–Kier alpha value is -3.31. The molecule has 4 aromatic rings. The second kappa shape index (κ2) is 11.2. The number of pyridine rings is 1. The summed E-state index contributed by atoms with van der Waals surface area (Å²) in [6.45, 7) is 0.397. The van der Waals surface area contributed by atoms with Gasteiger partial charge in [-0.3, -0.25) is 9.52 Å². The van der Waals surface area contributed by atoms with Crippen LogP contribution in [0.2, 0.25) is 15.1 Å². The lowest BCUT2D eigenvalue weighted by Crippen LogP contribution is -2.25. The predicted molar refractivity (Wildman–Crippen MR) is 138 cm³/mol. The number of nitrogens with one attached hydrogen (secondary N) is 3. The third kappa shape index (κ3) is 6.46. The van der Waals surface area contributed by atoms with Crippen LogP contribution in [0.3, 0.4) is 0 Å². The molecule has 0 radical (unpaired) electrons. The molecule has 2 heterocycles. The first-order chi connectivity index (χ1) is 17.2. The zero-order valence-electron chi connectivity index (χ0n) is 18.3. The van der Waals surface area contributed by atoms with E-state index in [1.54, 1.807) is 30.7 Å². The van der Waals surface area contributed by atoms with E-state index in [2.05, 4.69) is 25.0 Å². The van der Waals surface area contributed by atoms with Crippen molar-refractivity contribution in [2.75, 3.05) is 11.3 Å². The Morgan fingerprint density at radius 1 is 1.03 bits per heavy atom. The van der Waals surface area contributed by atoms with E-state index in [-0.39, 0.29) is 43.2 Å². The lowest BCUT2D eigenvalue weighted by atomic mass is 10.2. The largest absolute Gasteiger partial charge is 0.437 e. The normalized spacial score (nSPS) is 11.2. The van der Waals surface area contributed by atoms with Crippen LogP contribution in [0.4, 0.5) is 5.69 Å². The molecular formula is C23H18Cl3N5O4S. The molecule has 186 valence electrons. The van der Waals surface area contributed by atoms with Gasteiger partial charge in [-0.1, -0.05) is 40.9 Å². The van der Waals surface area contributed by atoms with Gasteiger partial charge in [0, 0.05) is 30.9 Å². The number of anilines is 1.